The number of carbonyl (C=O) groups is 1. The molecule has 0 saturated carbocycles. The molecule has 8 heteroatoms. The standard InChI is InChI=1S/C17H19F2N3O3/c1-11(12-5-6-13(18)14(19)10-12)21-17(23)22-15-4-3-7-20-16(15)25-9-8-24-2/h3-7,10-11H,8-9H2,1-2H3,(H2,21,22,23). The minimum atomic E-state index is -0.965. The van der Waals surface area contributed by atoms with Gasteiger partial charge in [-0.2, -0.15) is 0 Å². The van der Waals surface area contributed by atoms with Crippen LogP contribution in [0.3, 0.4) is 0 Å². The van der Waals surface area contributed by atoms with Gasteiger partial charge in [-0.1, -0.05) is 6.07 Å². The molecule has 0 bridgehead atoms. The number of ether oxygens (including phenoxy) is 2. The summed E-state index contributed by atoms with van der Waals surface area (Å²) in [7, 11) is 1.55. The van der Waals surface area contributed by atoms with Crippen LogP contribution in [0.2, 0.25) is 0 Å². The van der Waals surface area contributed by atoms with E-state index in [1.807, 2.05) is 0 Å². The Morgan fingerprint density at radius 2 is 2.04 bits per heavy atom. The first-order valence-corrected chi connectivity index (χ1v) is 7.60. The highest BCUT2D eigenvalue weighted by Gasteiger charge is 2.14. The second kappa shape index (κ2) is 8.93. The summed E-state index contributed by atoms with van der Waals surface area (Å²) in [6, 6.07) is 5.71. The van der Waals surface area contributed by atoms with Gasteiger partial charge >= 0.3 is 6.03 Å². The number of anilines is 1. The van der Waals surface area contributed by atoms with Crippen molar-refractivity contribution in [3.05, 3.63) is 53.7 Å². The normalized spacial score (nSPS) is 11.7. The van der Waals surface area contributed by atoms with E-state index in [2.05, 4.69) is 15.6 Å². The van der Waals surface area contributed by atoms with E-state index in [0.717, 1.165) is 12.1 Å². The summed E-state index contributed by atoms with van der Waals surface area (Å²) >= 11 is 0. The maximum absolute atomic E-state index is 13.3. The molecule has 0 saturated heterocycles. The Morgan fingerprint density at radius 3 is 2.76 bits per heavy atom. The quantitative estimate of drug-likeness (QED) is 0.751. The van der Waals surface area contributed by atoms with Gasteiger partial charge in [0.05, 0.1) is 12.6 Å². The number of pyridine rings is 1. The summed E-state index contributed by atoms with van der Waals surface area (Å²) in [6.07, 6.45) is 1.54. The predicted molar refractivity (Wildman–Crippen MR) is 88.5 cm³/mol. The van der Waals surface area contributed by atoms with Crippen molar-refractivity contribution in [3.63, 3.8) is 0 Å². The second-order valence-electron chi connectivity index (χ2n) is 5.19. The van der Waals surface area contributed by atoms with Gasteiger partial charge in [-0.05, 0) is 36.8 Å². The van der Waals surface area contributed by atoms with Crippen molar-refractivity contribution in [1.82, 2.24) is 10.3 Å². The topological polar surface area (TPSA) is 72.5 Å². The lowest BCUT2D eigenvalue weighted by molar-refractivity contribution is 0.144. The molecule has 0 fully saturated rings. The van der Waals surface area contributed by atoms with Crippen LogP contribution >= 0.6 is 0 Å². The van der Waals surface area contributed by atoms with Gasteiger partial charge in [0, 0.05) is 13.3 Å². The van der Waals surface area contributed by atoms with Gasteiger partial charge in [0.25, 0.3) is 0 Å². The van der Waals surface area contributed by atoms with Crippen LogP contribution in [-0.4, -0.2) is 31.3 Å². The molecule has 1 aromatic heterocycles. The van der Waals surface area contributed by atoms with E-state index in [1.165, 1.54) is 12.3 Å². The van der Waals surface area contributed by atoms with E-state index in [9.17, 15) is 13.6 Å². The molecule has 1 heterocycles. The highest BCUT2D eigenvalue weighted by Crippen LogP contribution is 2.21. The van der Waals surface area contributed by atoms with E-state index in [0.29, 0.717) is 17.9 Å². The number of carbonyl (C=O) groups excluding carboxylic acids is 1. The molecule has 1 unspecified atom stereocenters. The molecule has 0 aliphatic heterocycles. The molecule has 2 rings (SSSR count). The molecule has 1 aromatic carbocycles. The minimum Gasteiger partial charge on any atom is -0.474 e. The molecule has 2 amide bonds. The van der Waals surface area contributed by atoms with Crippen LogP contribution in [0.25, 0.3) is 0 Å². The van der Waals surface area contributed by atoms with Crippen LogP contribution in [0.15, 0.2) is 36.5 Å². The van der Waals surface area contributed by atoms with E-state index in [-0.39, 0.29) is 12.5 Å². The third-order valence-corrected chi connectivity index (χ3v) is 3.34. The van der Waals surface area contributed by atoms with Crippen molar-refractivity contribution in [2.24, 2.45) is 0 Å². The number of nitrogens with zero attached hydrogens (tertiary/aromatic N) is 1. The maximum Gasteiger partial charge on any atom is 0.319 e. The van der Waals surface area contributed by atoms with Gasteiger partial charge in [-0.15, -0.1) is 0 Å². The van der Waals surface area contributed by atoms with E-state index in [1.54, 1.807) is 26.2 Å². The lowest BCUT2D eigenvalue weighted by atomic mass is 10.1. The number of rotatable bonds is 7. The number of methoxy groups -OCH3 is 1. The molecule has 134 valence electrons. The van der Waals surface area contributed by atoms with Gasteiger partial charge in [0.15, 0.2) is 11.6 Å². The number of hydrogen-bond donors (Lipinski definition) is 2. The van der Waals surface area contributed by atoms with Crippen LogP contribution in [0.5, 0.6) is 5.88 Å². The van der Waals surface area contributed by atoms with E-state index >= 15 is 0 Å². The Kier molecular flexibility index (Phi) is 6.64. The zero-order valence-electron chi connectivity index (χ0n) is 13.9. The number of benzene rings is 1. The molecular weight excluding hydrogens is 332 g/mol. The van der Waals surface area contributed by atoms with Gasteiger partial charge in [-0.3, -0.25) is 0 Å². The molecule has 6 nitrogen and oxygen atoms in total. The average Bonchev–Trinajstić information content (AvgIpc) is 2.59. The molecule has 2 N–H and O–H groups in total. The number of halogens is 2. The minimum absolute atomic E-state index is 0.259. The number of urea groups is 1. The Morgan fingerprint density at radius 1 is 1.24 bits per heavy atom. The van der Waals surface area contributed by atoms with Crippen molar-refractivity contribution in [2.45, 2.75) is 13.0 Å². The van der Waals surface area contributed by atoms with Gasteiger partial charge in [0.2, 0.25) is 5.88 Å². The summed E-state index contributed by atoms with van der Waals surface area (Å²) in [6.45, 7) is 2.33. The predicted octanol–water partition coefficient (Wildman–Crippen LogP) is 3.27. The molecule has 0 spiro atoms. The number of nitrogens with one attached hydrogen (secondary N) is 2. The van der Waals surface area contributed by atoms with Gasteiger partial charge < -0.3 is 20.1 Å². The molecule has 0 radical (unpaired) electrons. The summed E-state index contributed by atoms with van der Waals surface area (Å²) in [5, 5.41) is 5.26. The van der Waals surface area contributed by atoms with Crippen molar-refractivity contribution in [3.8, 4) is 5.88 Å². The molecular formula is C17H19F2N3O3. The fourth-order valence-corrected chi connectivity index (χ4v) is 2.04. The summed E-state index contributed by atoms with van der Waals surface area (Å²) in [4.78, 5) is 16.2. The fraction of sp³-hybridized carbons (Fsp3) is 0.294. The Hall–Kier alpha value is -2.74. The lowest BCUT2D eigenvalue weighted by Crippen LogP contribution is -2.31. The van der Waals surface area contributed by atoms with Crippen molar-refractivity contribution in [2.75, 3.05) is 25.6 Å². The van der Waals surface area contributed by atoms with Crippen LogP contribution < -0.4 is 15.4 Å². The average molecular weight is 351 g/mol. The third-order valence-electron chi connectivity index (χ3n) is 3.34. The summed E-state index contributed by atoms with van der Waals surface area (Å²) in [5.74, 6) is -1.64. The second-order valence-corrected chi connectivity index (χ2v) is 5.19. The Bertz CT molecular complexity index is 728. The van der Waals surface area contributed by atoms with Crippen LogP contribution in [-0.2, 0) is 4.74 Å². The fourth-order valence-electron chi connectivity index (χ4n) is 2.04. The molecule has 0 aliphatic rings. The third kappa shape index (κ3) is 5.39. The van der Waals surface area contributed by atoms with Crippen molar-refractivity contribution in [1.29, 1.82) is 0 Å². The van der Waals surface area contributed by atoms with Crippen LogP contribution in [0, 0.1) is 11.6 Å². The van der Waals surface area contributed by atoms with E-state index < -0.39 is 23.7 Å². The zero-order chi connectivity index (χ0) is 18.2. The van der Waals surface area contributed by atoms with Crippen molar-refractivity contribution < 1.29 is 23.0 Å². The van der Waals surface area contributed by atoms with Crippen LogP contribution in [0.1, 0.15) is 18.5 Å². The zero-order valence-corrected chi connectivity index (χ0v) is 13.9. The Balaban J connectivity index is 1.98. The molecule has 0 aliphatic carbocycles. The first-order chi connectivity index (χ1) is 12.0. The van der Waals surface area contributed by atoms with Gasteiger partial charge in [0.1, 0.15) is 12.3 Å². The molecule has 25 heavy (non-hydrogen) atoms. The van der Waals surface area contributed by atoms with Crippen LogP contribution in [0.4, 0.5) is 19.3 Å². The van der Waals surface area contributed by atoms with E-state index in [4.69, 9.17) is 9.47 Å². The summed E-state index contributed by atoms with van der Waals surface area (Å²) < 4.78 is 36.6. The summed E-state index contributed by atoms with van der Waals surface area (Å²) in [5.41, 5.74) is 0.824. The smallest absolute Gasteiger partial charge is 0.319 e. The van der Waals surface area contributed by atoms with Crippen molar-refractivity contribution >= 4 is 11.7 Å². The highest BCUT2D eigenvalue weighted by atomic mass is 19.2. The number of aromatic nitrogens is 1. The molecule has 1 atom stereocenters. The first-order valence-electron chi connectivity index (χ1n) is 7.60. The SMILES string of the molecule is COCCOc1ncccc1NC(=O)NC(C)c1ccc(F)c(F)c1. The lowest BCUT2D eigenvalue weighted by Gasteiger charge is -2.16. The van der Waals surface area contributed by atoms with Gasteiger partial charge in [-0.25, -0.2) is 18.6 Å². The molecule has 2 aromatic rings. The number of hydrogen-bond acceptors (Lipinski definition) is 4. The number of amides is 2. The first kappa shape index (κ1) is 18.6. The highest BCUT2D eigenvalue weighted by molar-refractivity contribution is 5.90. The monoisotopic (exact) mass is 351 g/mol. The maximum atomic E-state index is 13.3. The largest absolute Gasteiger partial charge is 0.474 e. The Labute approximate surface area is 144 Å².